The summed E-state index contributed by atoms with van der Waals surface area (Å²) in [6.45, 7) is 0. The molecule has 0 aromatic heterocycles. The molecule has 0 saturated carbocycles. The van der Waals surface area contributed by atoms with Gasteiger partial charge in [0.1, 0.15) is 41.3 Å². The number of aliphatic hydroxyl groups is 3. The lowest BCUT2D eigenvalue weighted by molar-refractivity contribution is -0.0630. The molecule has 6 heteroatoms. The smallest absolute Gasteiger partial charge is 0.123 e. The average molecular weight is 353 g/mol. The predicted octanol–water partition coefficient (Wildman–Crippen LogP) is 1.54. The van der Waals surface area contributed by atoms with E-state index in [1.54, 1.807) is 13.2 Å². The number of rotatable bonds is 4. The molecule has 1 heterocycles. The van der Waals surface area contributed by atoms with Crippen molar-refractivity contribution in [3.8, 4) is 5.75 Å². The van der Waals surface area contributed by atoms with Crippen molar-refractivity contribution >= 4 is 11.6 Å². The molecule has 24 heavy (non-hydrogen) atoms. The van der Waals surface area contributed by atoms with E-state index in [1.165, 1.54) is 0 Å². The number of methoxy groups -OCH3 is 1. The van der Waals surface area contributed by atoms with Gasteiger partial charge in [-0.1, -0.05) is 18.2 Å². The summed E-state index contributed by atoms with van der Waals surface area (Å²) in [6, 6.07) is 7.84. The van der Waals surface area contributed by atoms with E-state index in [-0.39, 0.29) is 6.10 Å². The van der Waals surface area contributed by atoms with Gasteiger partial charge in [-0.2, -0.15) is 0 Å². The number of aliphatic hydroxyl groups excluding tert-OH is 3. The van der Waals surface area contributed by atoms with Crippen LogP contribution in [0.2, 0.25) is 0 Å². The fourth-order valence-electron chi connectivity index (χ4n) is 2.99. The SMILES string of the molecule is COc1ccc(CCC2C=CC3=C(O2)C(Cl)C(O)C(O)C3O)cc1. The van der Waals surface area contributed by atoms with E-state index < -0.39 is 23.7 Å². The molecule has 0 spiro atoms. The van der Waals surface area contributed by atoms with Gasteiger partial charge in [0, 0.05) is 5.57 Å². The Morgan fingerprint density at radius 3 is 2.50 bits per heavy atom. The molecule has 0 amide bonds. The molecule has 3 N–H and O–H groups in total. The van der Waals surface area contributed by atoms with Crippen molar-refractivity contribution < 1.29 is 24.8 Å². The molecule has 1 aromatic carbocycles. The summed E-state index contributed by atoms with van der Waals surface area (Å²) in [5.74, 6) is 1.17. The lowest BCUT2D eigenvalue weighted by Gasteiger charge is -2.38. The van der Waals surface area contributed by atoms with Gasteiger partial charge in [-0.15, -0.1) is 11.6 Å². The molecule has 5 atom stereocenters. The topological polar surface area (TPSA) is 79.2 Å². The Kier molecular flexibility index (Phi) is 5.15. The van der Waals surface area contributed by atoms with Crippen molar-refractivity contribution in [2.45, 2.75) is 42.6 Å². The van der Waals surface area contributed by atoms with E-state index in [9.17, 15) is 15.3 Å². The van der Waals surface area contributed by atoms with E-state index in [1.807, 2.05) is 30.3 Å². The summed E-state index contributed by atoms with van der Waals surface area (Å²) >= 11 is 6.16. The largest absolute Gasteiger partial charge is 0.497 e. The highest BCUT2D eigenvalue weighted by Gasteiger charge is 2.43. The predicted molar refractivity (Wildman–Crippen MR) is 90.0 cm³/mol. The second-order valence-electron chi connectivity index (χ2n) is 6.05. The molecule has 0 bridgehead atoms. The Labute approximate surface area is 145 Å². The highest BCUT2D eigenvalue weighted by Crippen LogP contribution is 2.35. The molecule has 0 saturated heterocycles. The molecule has 0 radical (unpaired) electrons. The minimum absolute atomic E-state index is 0.193. The van der Waals surface area contributed by atoms with E-state index in [4.69, 9.17) is 21.1 Å². The van der Waals surface area contributed by atoms with Crippen LogP contribution >= 0.6 is 11.6 Å². The van der Waals surface area contributed by atoms with Crippen molar-refractivity contribution in [3.63, 3.8) is 0 Å². The maximum absolute atomic E-state index is 10.0. The fourth-order valence-corrected chi connectivity index (χ4v) is 3.31. The van der Waals surface area contributed by atoms with E-state index in [0.29, 0.717) is 11.3 Å². The van der Waals surface area contributed by atoms with Crippen molar-refractivity contribution in [2.24, 2.45) is 0 Å². The minimum Gasteiger partial charge on any atom is -0.497 e. The Bertz CT molecular complexity index is 639. The maximum Gasteiger partial charge on any atom is 0.123 e. The molecule has 2 aliphatic rings. The van der Waals surface area contributed by atoms with Gasteiger partial charge in [-0.25, -0.2) is 0 Å². The molecule has 130 valence electrons. The van der Waals surface area contributed by atoms with Gasteiger partial charge < -0.3 is 24.8 Å². The van der Waals surface area contributed by atoms with E-state index in [0.717, 1.165) is 24.2 Å². The zero-order chi connectivity index (χ0) is 17.3. The van der Waals surface area contributed by atoms with Crippen LogP contribution < -0.4 is 4.74 Å². The van der Waals surface area contributed by atoms with Crippen LogP contribution in [0.3, 0.4) is 0 Å². The maximum atomic E-state index is 10.0. The number of ether oxygens (including phenoxy) is 2. The van der Waals surface area contributed by atoms with Crippen molar-refractivity contribution in [2.75, 3.05) is 7.11 Å². The van der Waals surface area contributed by atoms with Crippen molar-refractivity contribution in [1.82, 2.24) is 0 Å². The Morgan fingerprint density at radius 2 is 1.83 bits per heavy atom. The summed E-state index contributed by atoms with van der Waals surface area (Å²) < 4.78 is 11.0. The van der Waals surface area contributed by atoms with Crippen LogP contribution in [0.1, 0.15) is 12.0 Å². The van der Waals surface area contributed by atoms with Crippen LogP contribution in [0, 0.1) is 0 Å². The van der Waals surface area contributed by atoms with Crippen molar-refractivity contribution in [1.29, 1.82) is 0 Å². The molecule has 1 aromatic rings. The van der Waals surface area contributed by atoms with Crippen LogP contribution in [0.5, 0.6) is 5.75 Å². The van der Waals surface area contributed by atoms with Crippen LogP contribution in [-0.4, -0.2) is 52.2 Å². The Balaban J connectivity index is 1.64. The van der Waals surface area contributed by atoms with Gasteiger partial charge in [0.05, 0.1) is 7.11 Å². The fraction of sp³-hybridized carbons (Fsp3) is 0.444. The third-order valence-corrected chi connectivity index (χ3v) is 4.93. The summed E-state index contributed by atoms with van der Waals surface area (Å²) in [6.07, 6.45) is 1.17. The number of benzene rings is 1. The zero-order valence-electron chi connectivity index (χ0n) is 13.3. The monoisotopic (exact) mass is 352 g/mol. The number of hydrogen-bond donors (Lipinski definition) is 3. The quantitative estimate of drug-likeness (QED) is 0.716. The Hall–Kier alpha value is -1.53. The lowest BCUT2D eigenvalue weighted by Crippen LogP contribution is -2.50. The van der Waals surface area contributed by atoms with Crippen LogP contribution in [-0.2, 0) is 11.2 Å². The zero-order valence-corrected chi connectivity index (χ0v) is 14.1. The van der Waals surface area contributed by atoms with Gasteiger partial charge in [0.15, 0.2) is 0 Å². The first-order chi connectivity index (χ1) is 11.5. The highest BCUT2D eigenvalue weighted by molar-refractivity contribution is 6.22. The average Bonchev–Trinajstić information content (AvgIpc) is 2.63. The van der Waals surface area contributed by atoms with Crippen molar-refractivity contribution in [3.05, 3.63) is 53.3 Å². The van der Waals surface area contributed by atoms with Gasteiger partial charge in [-0.3, -0.25) is 0 Å². The molecule has 0 fully saturated rings. The second kappa shape index (κ2) is 7.15. The first-order valence-corrected chi connectivity index (χ1v) is 8.35. The van der Waals surface area contributed by atoms with Crippen LogP contribution in [0.15, 0.2) is 47.7 Å². The molecule has 5 unspecified atom stereocenters. The van der Waals surface area contributed by atoms with Gasteiger partial charge >= 0.3 is 0 Å². The van der Waals surface area contributed by atoms with E-state index in [2.05, 4.69) is 0 Å². The summed E-state index contributed by atoms with van der Waals surface area (Å²) in [7, 11) is 1.63. The molecule has 3 rings (SSSR count). The number of halogens is 1. The molecule has 5 nitrogen and oxygen atoms in total. The van der Waals surface area contributed by atoms with Crippen LogP contribution in [0.25, 0.3) is 0 Å². The third kappa shape index (κ3) is 3.30. The minimum atomic E-state index is -1.31. The number of hydrogen-bond acceptors (Lipinski definition) is 5. The van der Waals surface area contributed by atoms with Crippen LogP contribution in [0.4, 0.5) is 0 Å². The highest BCUT2D eigenvalue weighted by atomic mass is 35.5. The normalized spacial score (nSPS) is 32.3. The number of aryl methyl sites for hydroxylation is 1. The first kappa shape index (κ1) is 17.3. The molecular weight excluding hydrogens is 332 g/mol. The standard InChI is InChI=1S/C18H21ClO5/c1-23-11-5-2-10(3-6-11)4-7-12-8-9-13-15(20)17(22)16(21)14(19)18(13)24-12/h2-3,5-6,8-9,12,14-17,20-22H,4,7H2,1H3. The molecule has 1 aliphatic heterocycles. The van der Waals surface area contributed by atoms with Gasteiger partial charge in [0.2, 0.25) is 0 Å². The lowest BCUT2D eigenvalue weighted by atomic mass is 9.87. The Morgan fingerprint density at radius 1 is 1.12 bits per heavy atom. The van der Waals surface area contributed by atoms with Gasteiger partial charge in [0.25, 0.3) is 0 Å². The third-order valence-electron chi connectivity index (χ3n) is 4.47. The summed E-state index contributed by atoms with van der Waals surface area (Å²) in [5, 5.41) is 28.9. The molecular formula is C18H21ClO5. The number of alkyl halides is 1. The first-order valence-electron chi connectivity index (χ1n) is 7.91. The second-order valence-corrected chi connectivity index (χ2v) is 6.52. The van der Waals surface area contributed by atoms with Gasteiger partial charge in [-0.05, 0) is 36.6 Å². The molecule has 1 aliphatic carbocycles. The summed E-state index contributed by atoms with van der Waals surface area (Å²) in [5.41, 5.74) is 1.60. The van der Waals surface area contributed by atoms with E-state index >= 15 is 0 Å². The summed E-state index contributed by atoms with van der Waals surface area (Å²) in [4.78, 5) is 0.